The third kappa shape index (κ3) is 4.78. The molecule has 1 fully saturated rings. The second-order valence-electron chi connectivity index (χ2n) is 5.61. The van der Waals surface area contributed by atoms with E-state index in [1.165, 1.54) is 25.3 Å². The van der Waals surface area contributed by atoms with Gasteiger partial charge in [0.2, 0.25) is 0 Å². The van der Waals surface area contributed by atoms with E-state index in [0.717, 1.165) is 31.6 Å². The van der Waals surface area contributed by atoms with E-state index in [-0.39, 0.29) is 17.8 Å². The number of carbonyl (C=O) groups is 1. The fraction of sp³-hybridized carbons (Fsp3) is 0.412. The summed E-state index contributed by atoms with van der Waals surface area (Å²) in [5.74, 6) is -0.529. The van der Waals surface area contributed by atoms with Crippen LogP contribution in [-0.4, -0.2) is 44.2 Å². The highest BCUT2D eigenvalue weighted by Gasteiger charge is 2.19. The smallest absolute Gasteiger partial charge is 0.270 e. The van der Waals surface area contributed by atoms with Gasteiger partial charge in [-0.05, 0) is 25.0 Å². The number of ether oxygens (including phenoxy) is 1. The molecule has 1 aromatic rings. The molecule has 132 valence electrons. The number of nitriles is 1. The number of nitrogens with zero attached hydrogens (tertiary/aromatic N) is 3. The van der Waals surface area contributed by atoms with Crippen molar-refractivity contribution < 1.29 is 14.5 Å². The number of nitro benzene ring substituents is 1. The first-order valence-electron chi connectivity index (χ1n) is 7.99. The third-order valence-corrected chi connectivity index (χ3v) is 3.93. The number of nitro groups is 1. The molecule has 1 saturated heterocycles. The summed E-state index contributed by atoms with van der Waals surface area (Å²) in [5, 5.41) is 22.9. The van der Waals surface area contributed by atoms with Crippen molar-refractivity contribution in [2.45, 2.75) is 12.8 Å². The Balaban J connectivity index is 2.35. The van der Waals surface area contributed by atoms with Crippen LogP contribution in [0.4, 0.5) is 11.4 Å². The fourth-order valence-corrected chi connectivity index (χ4v) is 2.68. The molecule has 0 unspecified atom stereocenters. The number of nitrogens with one attached hydrogen (secondary N) is 1. The average molecular weight is 344 g/mol. The summed E-state index contributed by atoms with van der Waals surface area (Å²) in [6, 6.07) is 6.37. The summed E-state index contributed by atoms with van der Waals surface area (Å²) in [5.41, 5.74) is 1.11. The lowest BCUT2D eigenvalue weighted by Gasteiger charge is -2.20. The standard InChI is InChI=1S/C17H20N4O4/c1-25-9-6-19-17(22)14(12-18)10-13-11-15(21(23)24)4-5-16(13)20-7-2-3-8-20/h4-5,10-11H,2-3,6-9H2,1H3,(H,19,22). The highest BCUT2D eigenvalue weighted by atomic mass is 16.6. The van der Waals surface area contributed by atoms with E-state index in [2.05, 4.69) is 10.2 Å². The summed E-state index contributed by atoms with van der Waals surface area (Å²) in [7, 11) is 1.51. The first kappa shape index (κ1) is 18.4. The Morgan fingerprint density at radius 1 is 1.48 bits per heavy atom. The molecule has 0 aromatic heterocycles. The molecule has 1 aromatic carbocycles. The second-order valence-corrected chi connectivity index (χ2v) is 5.61. The van der Waals surface area contributed by atoms with E-state index >= 15 is 0 Å². The van der Waals surface area contributed by atoms with Crippen LogP contribution in [0, 0.1) is 21.4 Å². The van der Waals surface area contributed by atoms with E-state index in [4.69, 9.17) is 4.74 Å². The van der Waals surface area contributed by atoms with Gasteiger partial charge in [-0.3, -0.25) is 14.9 Å². The number of hydrogen-bond donors (Lipinski definition) is 1. The van der Waals surface area contributed by atoms with Crippen LogP contribution < -0.4 is 10.2 Å². The monoisotopic (exact) mass is 344 g/mol. The maximum absolute atomic E-state index is 12.1. The van der Waals surface area contributed by atoms with Crippen LogP contribution in [0.3, 0.4) is 0 Å². The van der Waals surface area contributed by atoms with Gasteiger partial charge in [-0.15, -0.1) is 0 Å². The van der Waals surface area contributed by atoms with Crippen molar-refractivity contribution in [2.24, 2.45) is 0 Å². The number of methoxy groups -OCH3 is 1. The summed E-state index contributed by atoms with van der Waals surface area (Å²) >= 11 is 0. The van der Waals surface area contributed by atoms with Gasteiger partial charge in [0.05, 0.1) is 11.5 Å². The minimum Gasteiger partial charge on any atom is -0.383 e. The zero-order valence-electron chi connectivity index (χ0n) is 14.0. The van der Waals surface area contributed by atoms with Gasteiger partial charge in [-0.1, -0.05) is 0 Å². The van der Waals surface area contributed by atoms with Crippen LogP contribution in [0.2, 0.25) is 0 Å². The predicted molar refractivity (Wildman–Crippen MR) is 93.0 cm³/mol. The SMILES string of the molecule is COCCNC(=O)C(C#N)=Cc1cc([N+](=O)[O-])ccc1N1CCCC1. The molecule has 8 nitrogen and oxygen atoms in total. The molecule has 1 amide bonds. The Labute approximate surface area is 145 Å². The van der Waals surface area contributed by atoms with Gasteiger partial charge in [0.1, 0.15) is 11.6 Å². The Kier molecular flexibility index (Phi) is 6.48. The zero-order valence-corrected chi connectivity index (χ0v) is 14.0. The normalized spacial score (nSPS) is 14.2. The molecule has 1 aliphatic heterocycles. The number of rotatable bonds is 7. The Hall–Kier alpha value is -2.92. The van der Waals surface area contributed by atoms with Crippen molar-refractivity contribution >= 4 is 23.4 Å². The van der Waals surface area contributed by atoms with E-state index in [1.807, 2.05) is 6.07 Å². The topological polar surface area (TPSA) is 108 Å². The lowest BCUT2D eigenvalue weighted by atomic mass is 10.1. The number of benzene rings is 1. The van der Waals surface area contributed by atoms with Crippen LogP contribution in [0.5, 0.6) is 0 Å². The van der Waals surface area contributed by atoms with Gasteiger partial charge in [-0.2, -0.15) is 5.26 Å². The highest BCUT2D eigenvalue weighted by molar-refractivity contribution is 6.02. The van der Waals surface area contributed by atoms with Crippen molar-refractivity contribution in [1.29, 1.82) is 5.26 Å². The number of carbonyl (C=O) groups excluding carboxylic acids is 1. The molecule has 1 aliphatic rings. The first-order chi connectivity index (χ1) is 12.1. The maximum Gasteiger partial charge on any atom is 0.270 e. The van der Waals surface area contributed by atoms with Crippen molar-refractivity contribution in [2.75, 3.05) is 38.3 Å². The van der Waals surface area contributed by atoms with Crippen LogP contribution in [-0.2, 0) is 9.53 Å². The number of hydrogen-bond acceptors (Lipinski definition) is 6. The van der Waals surface area contributed by atoms with Gasteiger partial charge in [0.15, 0.2) is 0 Å². The van der Waals surface area contributed by atoms with E-state index in [0.29, 0.717) is 12.2 Å². The Morgan fingerprint density at radius 3 is 2.80 bits per heavy atom. The fourth-order valence-electron chi connectivity index (χ4n) is 2.68. The summed E-state index contributed by atoms with van der Waals surface area (Å²) in [6.45, 7) is 2.31. The van der Waals surface area contributed by atoms with Gasteiger partial charge >= 0.3 is 0 Å². The Bertz CT molecular complexity index is 718. The maximum atomic E-state index is 12.1. The van der Waals surface area contributed by atoms with Crippen molar-refractivity contribution in [3.8, 4) is 6.07 Å². The van der Waals surface area contributed by atoms with E-state index in [9.17, 15) is 20.2 Å². The Morgan fingerprint density at radius 2 is 2.20 bits per heavy atom. The van der Waals surface area contributed by atoms with Gasteiger partial charge < -0.3 is 15.0 Å². The minimum atomic E-state index is -0.529. The van der Waals surface area contributed by atoms with Crippen molar-refractivity contribution in [3.05, 3.63) is 39.4 Å². The molecule has 0 aliphatic carbocycles. The molecule has 0 saturated carbocycles. The third-order valence-electron chi connectivity index (χ3n) is 3.93. The van der Waals surface area contributed by atoms with Crippen molar-refractivity contribution in [3.63, 3.8) is 0 Å². The van der Waals surface area contributed by atoms with Crippen LogP contribution in [0.1, 0.15) is 18.4 Å². The van der Waals surface area contributed by atoms with Crippen LogP contribution in [0.15, 0.2) is 23.8 Å². The zero-order chi connectivity index (χ0) is 18.2. The van der Waals surface area contributed by atoms with E-state index in [1.54, 1.807) is 6.07 Å². The number of anilines is 1. The molecule has 0 bridgehead atoms. The molecule has 0 spiro atoms. The predicted octanol–water partition coefficient (Wildman–Crippen LogP) is 1.86. The summed E-state index contributed by atoms with van der Waals surface area (Å²) in [4.78, 5) is 24.8. The van der Waals surface area contributed by atoms with Crippen molar-refractivity contribution in [1.82, 2.24) is 5.32 Å². The number of amides is 1. The molecule has 8 heteroatoms. The summed E-state index contributed by atoms with van der Waals surface area (Å²) < 4.78 is 4.85. The molecule has 1 N–H and O–H groups in total. The molecule has 2 rings (SSSR count). The molecular formula is C17H20N4O4. The minimum absolute atomic E-state index is 0.0775. The van der Waals surface area contributed by atoms with E-state index < -0.39 is 10.8 Å². The lowest BCUT2D eigenvalue weighted by molar-refractivity contribution is -0.384. The molecule has 25 heavy (non-hydrogen) atoms. The highest BCUT2D eigenvalue weighted by Crippen LogP contribution is 2.30. The molecule has 0 radical (unpaired) electrons. The average Bonchev–Trinajstić information content (AvgIpc) is 3.13. The van der Waals surface area contributed by atoms with Crippen LogP contribution in [0.25, 0.3) is 6.08 Å². The lowest BCUT2D eigenvalue weighted by Crippen LogP contribution is -2.28. The number of non-ortho nitro benzene ring substituents is 1. The quantitative estimate of drug-likeness (QED) is 0.266. The van der Waals surface area contributed by atoms with Gasteiger partial charge in [0, 0.05) is 50.1 Å². The van der Waals surface area contributed by atoms with Gasteiger partial charge in [0.25, 0.3) is 11.6 Å². The first-order valence-corrected chi connectivity index (χ1v) is 7.99. The largest absolute Gasteiger partial charge is 0.383 e. The summed E-state index contributed by atoms with van der Waals surface area (Å²) in [6.07, 6.45) is 3.49. The molecular weight excluding hydrogens is 324 g/mol. The molecule has 1 heterocycles. The van der Waals surface area contributed by atoms with Gasteiger partial charge in [-0.25, -0.2) is 0 Å². The van der Waals surface area contributed by atoms with Crippen LogP contribution >= 0.6 is 0 Å². The molecule has 0 atom stereocenters. The second kappa shape index (κ2) is 8.80.